The van der Waals surface area contributed by atoms with E-state index in [0.717, 1.165) is 6.07 Å². The smallest absolute Gasteiger partial charge is 0.239 e. The van der Waals surface area contributed by atoms with Gasteiger partial charge in [0.15, 0.2) is 17.1 Å². The predicted octanol–water partition coefficient (Wildman–Crippen LogP) is -0.236. The summed E-state index contributed by atoms with van der Waals surface area (Å²) in [6, 6.07) is 6.24. The van der Waals surface area contributed by atoms with Gasteiger partial charge in [0.2, 0.25) is 23.2 Å². The maximum atomic E-state index is 13.4. The minimum atomic E-state index is -1.83. The topological polar surface area (TPSA) is 200 Å². The lowest BCUT2D eigenvalue weighted by molar-refractivity contribution is -0.277. The van der Waals surface area contributed by atoms with Crippen LogP contribution in [0.25, 0.3) is 22.3 Å². The summed E-state index contributed by atoms with van der Waals surface area (Å²) in [5, 5.41) is 69.5. The van der Waals surface area contributed by atoms with Gasteiger partial charge in [0, 0.05) is 11.6 Å². The quantitative estimate of drug-likeness (QED) is 0.254. The number of aromatic hydroxyl groups is 3. The average molecular weight is 478 g/mol. The molecular formula is C22H22O12. The second-order valence-corrected chi connectivity index (χ2v) is 7.60. The van der Waals surface area contributed by atoms with Crippen LogP contribution in [0.2, 0.25) is 0 Å². The first-order valence-electron chi connectivity index (χ1n) is 10.0. The molecule has 34 heavy (non-hydrogen) atoms. The zero-order valence-electron chi connectivity index (χ0n) is 17.7. The summed E-state index contributed by atoms with van der Waals surface area (Å²) in [6.45, 7) is -0.723. The van der Waals surface area contributed by atoms with Gasteiger partial charge < -0.3 is 54.4 Å². The normalized spacial score (nSPS) is 24.8. The highest BCUT2D eigenvalue weighted by Crippen LogP contribution is 2.43. The number of hydrogen-bond donors (Lipinski definition) is 7. The Morgan fingerprint density at radius 2 is 1.62 bits per heavy atom. The van der Waals surface area contributed by atoms with Crippen LogP contribution in [-0.2, 0) is 4.74 Å². The Kier molecular flexibility index (Phi) is 6.25. The Morgan fingerprint density at radius 3 is 2.24 bits per heavy atom. The Bertz CT molecular complexity index is 1250. The summed E-state index contributed by atoms with van der Waals surface area (Å²) in [4.78, 5) is 13.4. The standard InChI is InChI=1S/C22H22O12/c1-31-19-11(26)6-10(25)13-15(28)21(18(33-20(13)19)8-2-4-9(24)5-3-8)34-22-17(30)16(29)14(27)12(7-23)32-22/h2-6,12,14,16-17,22-27,29-30H,7H2,1H3/t12?,14-,16?,17-,22?/m1/s1. The largest absolute Gasteiger partial charge is 0.508 e. The molecule has 1 aliphatic rings. The lowest BCUT2D eigenvalue weighted by Crippen LogP contribution is -2.60. The van der Waals surface area contributed by atoms with Crippen LogP contribution in [0.3, 0.4) is 0 Å². The highest BCUT2D eigenvalue weighted by atomic mass is 16.7. The van der Waals surface area contributed by atoms with Gasteiger partial charge in [-0.25, -0.2) is 0 Å². The molecule has 0 bridgehead atoms. The summed E-state index contributed by atoms with van der Waals surface area (Å²) in [7, 11) is 1.21. The first kappa shape index (κ1) is 23.6. The van der Waals surface area contributed by atoms with E-state index in [0.29, 0.717) is 0 Å². The summed E-state index contributed by atoms with van der Waals surface area (Å²) in [6.07, 6.45) is -8.29. The number of rotatable bonds is 5. The fourth-order valence-electron chi connectivity index (χ4n) is 3.68. The van der Waals surface area contributed by atoms with E-state index >= 15 is 0 Å². The number of ether oxygens (including phenoxy) is 3. The molecule has 1 aromatic heterocycles. The summed E-state index contributed by atoms with van der Waals surface area (Å²) >= 11 is 0. The number of aliphatic hydroxyl groups is 4. The van der Waals surface area contributed by atoms with Crippen molar-refractivity contribution in [3.05, 3.63) is 40.6 Å². The summed E-state index contributed by atoms with van der Waals surface area (Å²) in [5.74, 6) is -2.31. The number of hydrogen-bond acceptors (Lipinski definition) is 12. The van der Waals surface area contributed by atoms with E-state index in [2.05, 4.69) is 0 Å². The lowest BCUT2D eigenvalue weighted by Gasteiger charge is -2.39. The van der Waals surface area contributed by atoms with E-state index in [1.54, 1.807) is 0 Å². The zero-order valence-corrected chi connectivity index (χ0v) is 17.7. The molecule has 3 unspecified atom stereocenters. The van der Waals surface area contributed by atoms with Crippen LogP contribution in [0, 0.1) is 0 Å². The minimum Gasteiger partial charge on any atom is -0.508 e. The molecule has 0 radical (unpaired) electrons. The van der Waals surface area contributed by atoms with Crippen LogP contribution in [0.4, 0.5) is 0 Å². The van der Waals surface area contributed by atoms with Gasteiger partial charge in [0.05, 0.1) is 13.7 Å². The molecule has 3 aromatic rings. The first-order chi connectivity index (χ1) is 16.2. The van der Waals surface area contributed by atoms with Crippen LogP contribution < -0.4 is 14.9 Å². The molecule has 0 amide bonds. The fraction of sp³-hybridized carbons (Fsp3) is 0.318. The molecule has 5 atom stereocenters. The lowest BCUT2D eigenvalue weighted by atomic mass is 9.99. The third kappa shape index (κ3) is 3.87. The third-order valence-corrected chi connectivity index (χ3v) is 5.46. The molecule has 182 valence electrons. The molecule has 1 aliphatic heterocycles. The third-order valence-electron chi connectivity index (χ3n) is 5.46. The van der Waals surface area contributed by atoms with E-state index in [9.17, 15) is 40.5 Å². The SMILES string of the molecule is COc1c(O)cc(O)c2c(=O)c(OC3OC(CO)[C@@H](O)C(O)[C@H]3O)c(-c3ccc(O)cc3)oc12. The number of methoxy groups -OCH3 is 1. The van der Waals surface area contributed by atoms with Gasteiger partial charge in [-0.1, -0.05) is 0 Å². The van der Waals surface area contributed by atoms with Crippen molar-refractivity contribution < 1.29 is 54.4 Å². The molecular weight excluding hydrogens is 456 g/mol. The second-order valence-electron chi connectivity index (χ2n) is 7.60. The molecule has 12 nitrogen and oxygen atoms in total. The van der Waals surface area contributed by atoms with E-state index in [1.165, 1.54) is 31.4 Å². The second kappa shape index (κ2) is 9.00. The molecule has 1 fully saturated rings. The van der Waals surface area contributed by atoms with Gasteiger partial charge in [0.25, 0.3) is 0 Å². The van der Waals surface area contributed by atoms with E-state index in [1.807, 2.05) is 0 Å². The van der Waals surface area contributed by atoms with Gasteiger partial charge in [-0.15, -0.1) is 0 Å². The number of benzene rings is 2. The Hall–Kier alpha value is -3.55. The maximum absolute atomic E-state index is 13.4. The Morgan fingerprint density at radius 1 is 0.941 bits per heavy atom. The highest BCUT2D eigenvalue weighted by Gasteiger charge is 2.45. The van der Waals surface area contributed by atoms with Crippen LogP contribution in [0.5, 0.6) is 28.7 Å². The fourth-order valence-corrected chi connectivity index (χ4v) is 3.68. The molecule has 12 heteroatoms. The van der Waals surface area contributed by atoms with Crippen molar-refractivity contribution in [2.24, 2.45) is 0 Å². The van der Waals surface area contributed by atoms with Crippen molar-refractivity contribution in [1.29, 1.82) is 0 Å². The van der Waals surface area contributed by atoms with Crippen LogP contribution in [0.1, 0.15) is 0 Å². The molecule has 1 saturated heterocycles. The van der Waals surface area contributed by atoms with Crippen LogP contribution >= 0.6 is 0 Å². The van der Waals surface area contributed by atoms with Crippen molar-refractivity contribution in [1.82, 2.24) is 0 Å². The average Bonchev–Trinajstić information content (AvgIpc) is 2.81. The Balaban J connectivity index is 1.94. The maximum Gasteiger partial charge on any atom is 0.239 e. The monoisotopic (exact) mass is 478 g/mol. The molecule has 0 aliphatic carbocycles. The van der Waals surface area contributed by atoms with Gasteiger partial charge >= 0.3 is 0 Å². The van der Waals surface area contributed by atoms with Gasteiger partial charge in [-0.05, 0) is 24.3 Å². The minimum absolute atomic E-state index is 0.0869. The van der Waals surface area contributed by atoms with Crippen LogP contribution in [-0.4, -0.2) is 80.2 Å². The first-order valence-corrected chi connectivity index (χ1v) is 10.0. The van der Waals surface area contributed by atoms with Crippen molar-refractivity contribution in [2.75, 3.05) is 13.7 Å². The van der Waals surface area contributed by atoms with Crippen molar-refractivity contribution in [3.8, 4) is 40.1 Å². The van der Waals surface area contributed by atoms with Crippen molar-refractivity contribution in [3.63, 3.8) is 0 Å². The van der Waals surface area contributed by atoms with E-state index < -0.39 is 65.4 Å². The van der Waals surface area contributed by atoms with E-state index in [4.69, 9.17) is 18.6 Å². The number of phenolic OH excluding ortho intramolecular Hbond substituents is 3. The molecule has 0 spiro atoms. The number of aliphatic hydroxyl groups excluding tert-OH is 4. The molecule has 0 saturated carbocycles. The molecule has 4 rings (SSSR count). The van der Waals surface area contributed by atoms with Gasteiger partial charge in [0.1, 0.15) is 41.3 Å². The van der Waals surface area contributed by atoms with Crippen LogP contribution in [0.15, 0.2) is 39.5 Å². The van der Waals surface area contributed by atoms with Crippen molar-refractivity contribution >= 4 is 11.0 Å². The highest BCUT2D eigenvalue weighted by molar-refractivity contribution is 5.93. The molecule has 2 heterocycles. The zero-order chi connectivity index (χ0) is 24.7. The molecule has 2 aromatic carbocycles. The summed E-state index contributed by atoms with van der Waals surface area (Å²) in [5.41, 5.74) is -1.05. The Labute approximate surface area is 191 Å². The number of phenols is 3. The number of fused-ring (bicyclic) bond motifs is 1. The van der Waals surface area contributed by atoms with Gasteiger partial charge in [-0.2, -0.15) is 0 Å². The van der Waals surface area contributed by atoms with E-state index in [-0.39, 0.29) is 28.4 Å². The van der Waals surface area contributed by atoms with Crippen molar-refractivity contribution in [2.45, 2.75) is 30.7 Å². The summed E-state index contributed by atoms with van der Waals surface area (Å²) < 4.78 is 21.8. The predicted molar refractivity (Wildman–Crippen MR) is 114 cm³/mol. The van der Waals surface area contributed by atoms with Gasteiger partial charge in [-0.3, -0.25) is 4.79 Å². The molecule has 7 N–H and O–H groups in total.